The summed E-state index contributed by atoms with van der Waals surface area (Å²) >= 11 is 0. The second-order valence-corrected chi connectivity index (χ2v) is 7.10. The molecule has 0 aliphatic carbocycles. The van der Waals surface area contributed by atoms with Gasteiger partial charge in [0.25, 0.3) is 0 Å². The Morgan fingerprint density at radius 3 is 2.41 bits per heavy atom. The van der Waals surface area contributed by atoms with Gasteiger partial charge >= 0.3 is 0 Å². The summed E-state index contributed by atoms with van der Waals surface area (Å²) in [6.07, 6.45) is 0.983. The first-order valence-corrected chi connectivity index (χ1v) is 9.67. The van der Waals surface area contributed by atoms with E-state index in [9.17, 15) is 9.18 Å². The van der Waals surface area contributed by atoms with Crippen molar-refractivity contribution in [2.75, 3.05) is 42.9 Å². The van der Waals surface area contributed by atoms with Gasteiger partial charge in [0.15, 0.2) is 0 Å². The number of carbonyl (C=O) groups is 1. The summed E-state index contributed by atoms with van der Waals surface area (Å²) in [6.45, 7) is 9.60. The second-order valence-electron chi connectivity index (χ2n) is 7.10. The minimum absolute atomic E-state index is 0.0215. The minimum atomic E-state index is -0.255. The lowest BCUT2D eigenvalue weighted by Gasteiger charge is -2.35. The lowest BCUT2D eigenvalue weighted by atomic mass is 10.1. The van der Waals surface area contributed by atoms with E-state index in [2.05, 4.69) is 34.2 Å². The molecule has 2 aromatic carbocycles. The Balaban J connectivity index is 1.54. The summed E-state index contributed by atoms with van der Waals surface area (Å²) in [5.74, 6) is -0.276. The zero-order valence-electron chi connectivity index (χ0n) is 16.2. The molecular formula is C22H28FN3O. The van der Waals surface area contributed by atoms with E-state index >= 15 is 0 Å². The van der Waals surface area contributed by atoms with Gasteiger partial charge in [-0.1, -0.05) is 19.1 Å². The molecule has 1 saturated heterocycles. The Labute approximate surface area is 161 Å². The Hall–Kier alpha value is -2.40. The van der Waals surface area contributed by atoms with Gasteiger partial charge in [-0.2, -0.15) is 0 Å². The number of nitrogens with one attached hydrogen (secondary N) is 1. The number of likely N-dealkylation sites (N-methyl/N-ethyl adjacent to an activating group) is 1. The van der Waals surface area contributed by atoms with Crippen LogP contribution >= 0.6 is 0 Å². The van der Waals surface area contributed by atoms with Crippen LogP contribution in [0, 0.1) is 12.7 Å². The predicted octanol–water partition coefficient (Wildman–Crippen LogP) is 3.85. The molecule has 1 heterocycles. The van der Waals surface area contributed by atoms with Gasteiger partial charge in [0.2, 0.25) is 5.91 Å². The van der Waals surface area contributed by atoms with E-state index < -0.39 is 0 Å². The van der Waals surface area contributed by atoms with Crippen LogP contribution in [0.25, 0.3) is 0 Å². The first-order chi connectivity index (χ1) is 13.0. The third kappa shape index (κ3) is 5.30. The molecule has 0 bridgehead atoms. The number of hydrogen-bond acceptors (Lipinski definition) is 3. The Morgan fingerprint density at radius 2 is 1.78 bits per heavy atom. The van der Waals surface area contributed by atoms with Gasteiger partial charge in [-0.3, -0.25) is 4.79 Å². The topological polar surface area (TPSA) is 35.6 Å². The molecule has 27 heavy (non-hydrogen) atoms. The van der Waals surface area contributed by atoms with Crippen molar-refractivity contribution in [3.63, 3.8) is 0 Å². The van der Waals surface area contributed by atoms with Gasteiger partial charge in [-0.15, -0.1) is 0 Å². The lowest BCUT2D eigenvalue weighted by molar-refractivity contribution is -0.116. The molecule has 0 spiro atoms. The van der Waals surface area contributed by atoms with E-state index in [1.165, 1.54) is 17.8 Å². The van der Waals surface area contributed by atoms with Gasteiger partial charge < -0.3 is 15.1 Å². The molecule has 1 N–H and O–H groups in total. The van der Waals surface area contributed by atoms with Crippen molar-refractivity contribution in [3.8, 4) is 0 Å². The quantitative estimate of drug-likeness (QED) is 0.840. The van der Waals surface area contributed by atoms with Gasteiger partial charge in [0.1, 0.15) is 5.82 Å². The molecule has 144 valence electrons. The number of piperazine rings is 1. The number of anilines is 2. The van der Waals surface area contributed by atoms with Gasteiger partial charge in [0, 0.05) is 44.0 Å². The maximum atomic E-state index is 12.9. The molecule has 0 saturated carbocycles. The number of benzene rings is 2. The zero-order chi connectivity index (χ0) is 19.2. The fourth-order valence-electron chi connectivity index (χ4n) is 3.43. The summed E-state index contributed by atoms with van der Waals surface area (Å²) in [7, 11) is 0. The average molecular weight is 369 g/mol. The van der Waals surface area contributed by atoms with Crippen molar-refractivity contribution in [1.29, 1.82) is 0 Å². The number of rotatable bonds is 6. The van der Waals surface area contributed by atoms with Crippen LogP contribution in [0.5, 0.6) is 0 Å². The van der Waals surface area contributed by atoms with Crippen LogP contribution in [-0.4, -0.2) is 43.5 Å². The predicted molar refractivity (Wildman–Crippen MR) is 109 cm³/mol. The molecule has 1 amide bonds. The molecule has 1 fully saturated rings. The molecule has 0 radical (unpaired) electrons. The molecule has 1 aliphatic rings. The molecule has 0 aromatic heterocycles. The third-order valence-corrected chi connectivity index (χ3v) is 5.22. The van der Waals surface area contributed by atoms with Crippen LogP contribution in [-0.2, 0) is 11.2 Å². The van der Waals surface area contributed by atoms with Crippen LogP contribution in [0.15, 0.2) is 42.5 Å². The number of carbonyl (C=O) groups excluding carboxylic acids is 1. The highest BCUT2D eigenvalue weighted by Crippen LogP contribution is 2.24. The highest BCUT2D eigenvalue weighted by atomic mass is 19.1. The smallest absolute Gasteiger partial charge is 0.224 e. The number of hydrogen-bond donors (Lipinski definition) is 1. The fourth-order valence-corrected chi connectivity index (χ4v) is 3.43. The molecule has 3 rings (SSSR count). The van der Waals surface area contributed by atoms with E-state index in [0.717, 1.165) is 49.5 Å². The Kier molecular flexibility index (Phi) is 6.45. The van der Waals surface area contributed by atoms with E-state index in [1.807, 2.05) is 13.0 Å². The molecule has 0 atom stereocenters. The van der Waals surface area contributed by atoms with Crippen molar-refractivity contribution < 1.29 is 9.18 Å². The Bertz CT molecular complexity index is 768. The number of nitrogens with zero attached hydrogens (tertiary/aromatic N) is 2. The molecular weight excluding hydrogens is 341 g/mol. The Morgan fingerprint density at radius 1 is 1.07 bits per heavy atom. The maximum Gasteiger partial charge on any atom is 0.224 e. The zero-order valence-corrected chi connectivity index (χ0v) is 16.2. The molecule has 2 aromatic rings. The summed E-state index contributed by atoms with van der Waals surface area (Å²) in [5, 5.41) is 3.00. The lowest BCUT2D eigenvalue weighted by Crippen LogP contribution is -2.46. The van der Waals surface area contributed by atoms with Crippen molar-refractivity contribution >= 4 is 17.3 Å². The number of amides is 1. The maximum absolute atomic E-state index is 12.9. The molecule has 4 nitrogen and oxygen atoms in total. The van der Waals surface area contributed by atoms with E-state index in [0.29, 0.717) is 12.8 Å². The van der Waals surface area contributed by atoms with Crippen molar-refractivity contribution in [2.24, 2.45) is 0 Å². The standard InChI is InChI=1S/C22H28FN3O/c1-3-25-12-14-26(15-13-25)20-9-10-21(17(2)16-20)24-22(27)11-6-18-4-7-19(23)8-5-18/h4-5,7-10,16H,3,6,11-15H2,1-2H3,(H,24,27). The number of halogens is 1. The summed E-state index contributed by atoms with van der Waals surface area (Å²) < 4.78 is 12.9. The third-order valence-electron chi connectivity index (χ3n) is 5.22. The molecule has 1 aliphatic heterocycles. The van der Waals surface area contributed by atoms with Gasteiger partial charge in [-0.25, -0.2) is 4.39 Å². The van der Waals surface area contributed by atoms with Crippen LogP contribution in [0.2, 0.25) is 0 Å². The van der Waals surface area contributed by atoms with E-state index in [4.69, 9.17) is 0 Å². The van der Waals surface area contributed by atoms with Crippen LogP contribution in [0.3, 0.4) is 0 Å². The number of aryl methyl sites for hydroxylation is 2. The van der Waals surface area contributed by atoms with E-state index in [1.54, 1.807) is 12.1 Å². The SMILES string of the molecule is CCN1CCN(c2ccc(NC(=O)CCc3ccc(F)cc3)c(C)c2)CC1. The van der Waals surface area contributed by atoms with Crippen molar-refractivity contribution in [2.45, 2.75) is 26.7 Å². The van der Waals surface area contributed by atoms with Crippen molar-refractivity contribution in [3.05, 3.63) is 59.4 Å². The molecule has 0 unspecified atom stereocenters. The fraction of sp³-hybridized carbons (Fsp3) is 0.409. The first kappa shape index (κ1) is 19.4. The first-order valence-electron chi connectivity index (χ1n) is 9.67. The molecule has 5 heteroatoms. The summed E-state index contributed by atoms with van der Waals surface area (Å²) in [6, 6.07) is 12.5. The monoisotopic (exact) mass is 369 g/mol. The van der Waals surface area contributed by atoms with Crippen LogP contribution < -0.4 is 10.2 Å². The van der Waals surface area contributed by atoms with Crippen LogP contribution in [0.4, 0.5) is 15.8 Å². The second kappa shape index (κ2) is 9.00. The van der Waals surface area contributed by atoms with Gasteiger partial charge in [0.05, 0.1) is 0 Å². The van der Waals surface area contributed by atoms with Crippen molar-refractivity contribution in [1.82, 2.24) is 4.90 Å². The minimum Gasteiger partial charge on any atom is -0.369 e. The summed E-state index contributed by atoms with van der Waals surface area (Å²) in [5.41, 5.74) is 4.10. The summed E-state index contributed by atoms with van der Waals surface area (Å²) in [4.78, 5) is 17.1. The largest absolute Gasteiger partial charge is 0.369 e. The highest BCUT2D eigenvalue weighted by Gasteiger charge is 2.16. The average Bonchev–Trinajstić information content (AvgIpc) is 2.69. The normalized spacial score (nSPS) is 15.0. The van der Waals surface area contributed by atoms with Crippen LogP contribution in [0.1, 0.15) is 24.5 Å². The van der Waals surface area contributed by atoms with Gasteiger partial charge in [-0.05, 0) is 61.3 Å². The van der Waals surface area contributed by atoms with E-state index in [-0.39, 0.29) is 11.7 Å². The highest BCUT2D eigenvalue weighted by molar-refractivity contribution is 5.91.